The monoisotopic (exact) mass is 202 g/mol. The number of fused-ring (bicyclic) bond motifs is 1. The zero-order valence-electron chi connectivity index (χ0n) is 5.88. The van der Waals surface area contributed by atoms with Gasteiger partial charge in [0.05, 0.1) is 5.02 Å². The van der Waals surface area contributed by atoms with E-state index in [2.05, 4.69) is 0 Å². The minimum atomic E-state index is 0.176. The fourth-order valence-corrected chi connectivity index (χ4v) is 1.24. The van der Waals surface area contributed by atoms with Gasteiger partial charge in [-0.3, -0.25) is 0 Å². The van der Waals surface area contributed by atoms with E-state index < -0.39 is 0 Å². The molecule has 1 aliphatic heterocycles. The molecule has 0 N–H and O–H groups in total. The van der Waals surface area contributed by atoms with E-state index in [9.17, 15) is 0 Å². The topological polar surface area (TPSA) is 18.5 Å². The molecule has 0 aromatic heterocycles. The standard InChI is InChI=1S/C8H4Cl2O2/c9-5-2-1-3-6-8(5)12-7(10)4-11-6/h1-4H. The van der Waals surface area contributed by atoms with Gasteiger partial charge >= 0.3 is 0 Å². The first kappa shape index (κ1) is 7.77. The molecule has 0 saturated carbocycles. The van der Waals surface area contributed by atoms with E-state index in [1.54, 1.807) is 18.2 Å². The third-order valence-corrected chi connectivity index (χ3v) is 1.87. The summed E-state index contributed by atoms with van der Waals surface area (Å²) in [5.41, 5.74) is 0. The Balaban J connectivity index is 2.49. The molecule has 0 bridgehead atoms. The lowest BCUT2D eigenvalue weighted by atomic mass is 10.3. The third-order valence-electron chi connectivity index (χ3n) is 1.41. The number of hydrogen-bond acceptors (Lipinski definition) is 2. The second kappa shape index (κ2) is 2.88. The molecule has 0 amide bonds. The van der Waals surface area contributed by atoms with E-state index in [-0.39, 0.29) is 5.22 Å². The first-order valence-electron chi connectivity index (χ1n) is 3.26. The molecule has 0 radical (unpaired) electrons. The molecule has 1 aromatic carbocycles. The van der Waals surface area contributed by atoms with Gasteiger partial charge in [0, 0.05) is 0 Å². The Hall–Kier alpha value is -0.860. The van der Waals surface area contributed by atoms with Gasteiger partial charge in [-0.15, -0.1) is 0 Å². The summed E-state index contributed by atoms with van der Waals surface area (Å²) in [5, 5.41) is 0.661. The SMILES string of the molecule is ClC1=COc2cccc(Cl)c2O1. The second-order valence-electron chi connectivity index (χ2n) is 2.21. The molecule has 0 unspecified atom stereocenters. The van der Waals surface area contributed by atoms with E-state index in [0.29, 0.717) is 16.5 Å². The predicted molar refractivity (Wildman–Crippen MR) is 46.6 cm³/mol. The van der Waals surface area contributed by atoms with Crippen LogP contribution in [0.15, 0.2) is 29.7 Å². The van der Waals surface area contributed by atoms with Gasteiger partial charge < -0.3 is 9.47 Å². The van der Waals surface area contributed by atoms with Gasteiger partial charge in [0.1, 0.15) is 6.26 Å². The van der Waals surface area contributed by atoms with Crippen molar-refractivity contribution in [2.24, 2.45) is 0 Å². The van der Waals surface area contributed by atoms with E-state index in [1.807, 2.05) is 0 Å². The van der Waals surface area contributed by atoms with Crippen molar-refractivity contribution in [3.63, 3.8) is 0 Å². The zero-order chi connectivity index (χ0) is 8.55. The largest absolute Gasteiger partial charge is 0.456 e. The maximum atomic E-state index is 5.82. The molecule has 0 spiro atoms. The molecule has 4 heteroatoms. The number of rotatable bonds is 0. The smallest absolute Gasteiger partial charge is 0.229 e. The molecular weight excluding hydrogens is 199 g/mol. The van der Waals surface area contributed by atoms with Crippen molar-refractivity contribution in [3.8, 4) is 11.5 Å². The maximum absolute atomic E-state index is 5.82. The van der Waals surface area contributed by atoms with Crippen molar-refractivity contribution < 1.29 is 9.47 Å². The van der Waals surface area contributed by atoms with Crippen LogP contribution < -0.4 is 9.47 Å². The highest BCUT2D eigenvalue weighted by Crippen LogP contribution is 2.39. The Labute approximate surface area is 79.3 Å². The molecule has 2 nitrogen and oxygen atoms in total. The lowest BCUT2D eigenvalue weighted by Gasteiger charge is -2.14. The summed E-state index contributed by atoms with van der Waals surface area (Å²) < 4.78 is 10.2. The van der Waals surface area contributed by atoms with Crippen molar-refractivity contribution in [2.75, 3.05) is 0 Å². The maximum Gasteiger partial charge on any atom is 0.229 e. The van der Waals surface area contributed by atoms with Crippen molar-refractivity contribution in [2.45, 2.75) is 0 Å². The molecule has 1 heterocycles. The Morgan fingerprint density at radius 2 is 2.00 bits per heavy atom. The van der Waals surface area contributed by atoms with Gasteiger partial charge in [-0.05, 0) is 23.7 Å². The molecule has 0 saturated heterocycles. The van der Waals surface area contributed by atoms with Gasteiger partial charge in [0.25, 0.3) is 0 Å². The van der Waals surface area contributed by atoms with Gasteiger partial charge in [-0.2, -0.15) is 0 Å². The summed E-state index contributed by atoms with van der Waals surface area (Å²) in [6.45, 7) is 0. The van der Waals surface area contributed by atoms with Crippen LogP contribution in [0.3, 0.4) is 0 Å². The fraction of sp³-hybridized carbons (Fsp3) is 0. The number of hydrogen-bond donors (Lipinski definition) is 0. The molecule has 12 heavy (non-hydrogen) atoms. The number of benzene rings is 1. The first-order chi connectivity index (χ1) is 5.77. The Morgan fingerprint density at radius 1 is 1.17 bits per heavy atom. The molecule has 62 valence electrons. The Kier molecular flexibility index (Phi) is 1.87. The average Bonchev–Trinajstić information content (AvgIpc) is 2.07. The summed E-state index contributed by atoms with van der Waals surface area (Å²) in [4.78, 5) is 0. The summed E-state index contributed by atoms with van der Waals surface area (Å²) >= 11 is 11.4. The summed E-state index contributed by atoms with van der Waals surface area (Å²) in [5.74, 6) is 1.04. The van der Waals surface area contributed by atoms with Gasteiger partial charge in [0.15, 0.2) is 11.5 Å². The lowest BCUT2D eigenvalue weighted by Crippen LogP contribution is -2.00. The molecule has 1 aromatic rings. The summed E-state index contributed by atoms with van der Waals surface area (Å²) in [6, 6.07) is 5.23. The minimum Gasteiger partial charge on any atom is -0.456 e. The van der Waals surface area contributed by atoms with Crippen LogP contribution in [0.1, 0.15) is 0 Å². The van der Waals surface area contributed by atoms with Crippen molar-refractivity contribution >= 4 is 23.2 Å². The van der Waals surface area contributed by atoms with E-state index in [0.717, 1.165) is 0 Å². The van der Waals surface area contributed by atoms with Crippen molar-refractivity contribution in [3.05, 3.63) is 34.7 Å². The van der Waals surface area contributed by atoms with Gasteiger partial charge in [0.2, 0.25) is 5.22 Å². The van der Waals surface area contributed by atoms with Crippen LogP contribution in [0.4, 0.5) is 0 Å². The zero-order valence-corrected chi connectivity index (χ0v) is 7.39. The average molecular weight is 203 g/mol. The van der Waals surface area contributed by atoms with Crippen LogP contribution in [0.5, 0.6) is 11.5 Å². The predicted octanol–water partition coefficient (Wildman–Crippen LogP) is 3.15. The van der Waals surface area contributed by atoms with Crippen molar-refractivity contribution in [1.29, 1.82) is 0 Å². The Morgan fingerprint density at radius 3 is 2.83 bits per heavy atom. The molecule has 2 rings (SSSR count). The van der Waals surface area contributed by atoms with E-state index in [4.69, 9.17) is 32.7 Å². The highest BCUT2D eigenvalue weighted by atomic mass is 35.5. The molecule has 0 aliphatic carbocycles. The summed E-state index contributed by atoms with van der Waals surface area (Å²) in [6.07, 6.45) is 1.32. The van der Waals surface area contributed by atoms with Crippen LogP contribution in [-0.2, 0) is 0 Å². The van der Waals surface area contributed by atoms with Crippen molar-refractivity contribution in [1.82, 2.24) is 0 Å². The highest BCUT2D eigenvalue weighted by molar-refractivity contribution is 6.33. The number of ether oxygens (including phenoxy) is 2. The normalized spacial score (nSPS) is 14.0. The quantitative estimate of drug-likeness (QED) is 0.644. The lowest BCUT2D eigenvalue weighted by molar-refractivity contribution is 0.350. The molecule has 1 aliphatic rings. The van der Waals surface area contributed by atoms with Gasteiger partial charge in [-0.1, -0.05) is 17.7 Å². The van der Waals surface area contributed by atoms with Crippen LogP contribution in [-0.4, -0.2) is 0 Å². The van der Waals surface area contributed by atoms with Crippen LogP contribution in [0.25, 0.3) is 0 Å². The third kappa shape index (κ3) is 1.24. The Bertz CT molecular complexity index is 347. The molecule has 0 fully saturated rings. The molecule has 0 atom stereocenters. The van der Waals surface area contributed by atoms with E-state index in [1.165, 1.54) is 6.26 Å². The minimum absolute atomic E-state index is 0.176. The summed E-state index contributed by atoms with van der Waals surface area (Å²) in [7, 11) is 0. The number of halogens is 2. The second-order valence-corrected chi connectivity index (χ2v) is 2.99. The molecular formula is C8H4Cl2O2. The number of para-hydroxylation sites is 1. The van der Waals surface area contributed by atoms with E-state index >= 15 is 0 Å². The van der Waals surface area contributed by atoms with Gasteiger partial charge in [-0.25, -0.2) is 0 Å². The first-order valence-corrected chi connectivity index (χ1v) is 4.01. The van der Waals surface area contributed by atoms with Crippen LogP contribution in [0, 0.1) is 0 Å². The van der Waals surface area contributed by atoms with Crippen LogP contribution >= 0.6 is 23.2 Å². The fourth-order valence-electron chi connectivity index (χ4n) is 0.912. The van der Waals surface area contributed by atoms with Crippen LogP contribution in [0.2, 0.25) is 5.02 Å². The highest BCUT2D eigenvalue weighted by Gasteiger charge is 2.15.